The molecule has 1 aliphatic rings. The molecule has 98 valence electrons. The number of hydrogen-bond acceptors (Lipinski definition) is 0. The average Bonchev–Trinajstić information content (AvgIpc) is 2.39. The first-order valence-corrected chi connectivity index (χ1v) is 7.53. The lowest BCUT2D eigenvalue weighted by Crippen LogP contribution is -2.44. The molecule has 1 rings (SSSR count). The number of hydrogen-bond donors (Lipinski definition) is 0. The zero-order valence-electron chi connectivity index (χ0n) is 11.8. The van der Waals surface area contributed by atoms with Crippen LogP contribution in [0.4, 0.5) is 0 Å². The van der Waals surface area contributed by atoms with Crippen LogP contribution in [0.15, 0.2) is 24.4 Å². The van der Waals surface area contributed by atoms with E-state index in [1.165, 1.54) is 69.1 Å². The smallest absolute Gasteiger partial charge is 0.102 e. The Bertz CT molecular complexity index is 242. The van der Waals surface area contributed by atoms with Gasteiger partial charge in [-0.1, -0.05) is 45.1 Å². The number of rotatable bonds is 9. The first-order chi connectivity index (χ1) is 8.33. The molecule has 1 nitrogen and oxygen atoms in total. The molecule has 0 aromatic carbocycles. The summed E-state index contributed by atoms with van der Waals surface area (Å²) in [6, 6.07) is 0. The summed E-state index contributed by atoms with van der Waals surface area (Å²) in [6.45, 7) is 8.35. The summed E-state index contributed by atoms with van der Waals surface area (Å²) in [5, 5.41) is 0. The summed E-state index contributed by atoms with van der Waals surface area (Å²) < 4.78 is 1.17. The Kier molecular flexibility index (Phi) is 7.27. The number of allylic oxidation sites excluding steroid dienone is 2. The lowest BCUT2D eigenvalue weighted by molar-refractivity contribution is -0.872. The molecule has 0 N–H and O–H groups in total. The van der Waals surface area contributed by atoms with E-state index in [1.54, 1.807) is 0 Å². The molecule has 1 heteroatoms. The molecule has 0 saturated carbocycles. The number of unbranched alkanes of at least 4 members (excludes halogenated alkanes) is 6. The Hall–Kier alpha value is -0.560. The van der Waals surface area contributed by atoms with Gasteiger partial charge in [-0.15, -0.1) is 0 Å². The number of quaternary nitrogens is 1. The molecular formula is C16H30N+. The number of nitrogens with zero attached hydrogens (tertiary/aromatic N) is 1. The van der Waals surface area contributed by atoms with Crippen molar-refractivity contribution in [1.82, 2.24) is 0 Å². The van der Waals surface area contributed by atoms with Crippen LogP contribution >= 0.6 is 0 Å². The van der Waals surface area contributed by atoms with Crippen molar-refractivity contribution in [2.45, 2.75) is 58.8 Å². The van der Waals surface area contributed by atoms with Gasteiger partial charge < -0.3 is 0 Å². The highest BCUT2D eigenvalue weighted by molar-refractivity contribution is 5.03. The average molecular weight is 236 g/mol. The van der Waals surface area contributed by atoms with E-state index < -0.39 is 0 Å². The second-order valence-electron chi connectivity index (χ2n) is 5.33. The van der Waals surface area contributed by atoms with Gasteiger partial charge in [0.15, 0.2) is 0 Å². The quantitative estimate of drug-likeness (QED) is 0.403. The Morgan fingerprint density at radius 2 is 1.59 bits per heavy atom. The van der Waals surface area contributed by atoms with E-state index in [0.717, 1.165) is 0 Å². The third kappa shape index (κ3) is 5.54. The van der Waals surface area contributed by atoms with Gasteiger partial charge in [0, 0.05) is 0 Å². The fraction of sp³-hybridized carbons (Fsp3) is 0.750. The van der Waals surface area contributed by atoms with E-state index in [9.17, 15) is 0 Å². The highest BCUT2D eigenvalue weighted by atomic mass is 15.3. The molecule has 1 atom stereocenters. The maximum atomic E-state index is 2.39. The van der Waals surface area contributed by atoms with E-state index >= 15 is 0 Å². The topological polar surface area (TPSA) is 0 Å². The van der Waals surface area contributed by atoms with E-state index in [1.807, 2.05) is 0 Å². The van der Waals surface area contributed by atoms with Crippen molar-refractivity contribution < 1.29 is 4.48 Å². The zero-order valence-corrected chi connectivity index (χ0v) is 11.8. The van der Waals surface area contributed by atoms with E-state index in [4.69, 9.17) is 0 Å². The van der Waals surface area contributed by atoms with Crippen molar-refractivity contribution in [3.8, 4) is 0 Å². The predicted octanol–water partition coefficient (Wildman–Crippen LogP) is 4.66. The molecule has 0 aromatic heterocycles. The van der Waals surface area contributed by atoms with Crippen molar-refractivity contribution in [2.75, 3.05) is 19.6 Å². The summed E-state index contributed by atoms with van der Waals surface area (Å²) >= 11 is 0. The van der Waals surface area contributed by atoms with Crippen LogP contribution in [0.25, 0.3) is 0 Å². The Morgan fingerprint density at radius 3 is 2.18 bits per heavy atom. The second-order valence-corrected chi connectivity index (χ2v) is 5.33. The molecule has 0 radical (unpaired) electrons. The molecule has 1 heterocycles. The van der Waals surface area contributed by atoms with Gasteiger partial charge in [-0.25, -0.2) is 0 Å². The van der Waals surface area contributed by atoms with E-state index in [0.29, 0.717) is 0 Å². The SMILES string of the molecule is CCCCCCCCC[N+]1(CC)C=CC=CC1. The summed E-state index contributed by atoms with van der Waals surface area (Å²) in [7, 11) is 0. The second kappa shape index (κ2) is 8.52. The third-order valence-electron chi connectivity index (χ3n) is 3.96. The van der Waals surface area contributed by atoms with Crippen LogP contribution in [-0.4, -0.2) is 24.1 Å². The minimum Gasteiger partial charge on any atom is -0.294 e. The molecule has 0 aromatic rings. The van der Waals surface area contributed by atoms with Crippen molar-refractivity contribution in [3.63, 3.8) is 0 Å². The molecule has 0 fully saturated rings. The number of likely N-dealkylation sites (N-methyl/N-ethyl adjacent to an activating group) is 1. The Balaban J connectivity index is 2.08. The van der Waals surface area contributed by atoms with E-state index in [-0.39, 0.29) is 0 Å². The summed E-state index contributed by atoms with van der Waals surface area (Å²) in [5.74, 6) is 0. The molecule has 0 bridgehead atoms. The summed E-state index contributed by atoms with van der Waals surface area (Å²) in [5.41, 5.74) is 0. The molecule has 0 amide bonds. The van der Waals surface area contributed by atoms with Gasteiger partial charge in [0.2, 0.25) is 0 Å². The summed E-state index contributed by atoms with van der Waals surface area (Å²) in [6.07, 6.45) is 19.0. The monoisotopic (exact) mass is 236 g/mol. The van der Waals surface area contributed by atoms with Gasteiger partial charge in [0.05, 0.1) is 19.3 Å². The standard InChI is InChI=1S/C16H30N/c1-3-5-6-7-8-9-11-14-17(4-2)15-12-10-13-16-17/h10,12-13,15H,3-9,11,14,16H2,1-2H3/q+1. The van der Waals surface area contributed by atoms with Gasteiger partial charge in [0.1, 0.15) is 6.54 Å². The minimum atomic E-state index is 1.17. The molecule has 0 spiro atoms. The first kappa shape index (κ1) is 14.5. The molecule has 0 saturated heterocycles. The van der Waals surface area contributed by atoms with Crippen molar-refractivity contribution in [1.29, 1.82) is 0 Å². The normalized spacial score (nSPS) is 23.2. The third-order valence-corrected chi connectivity index (χ3v) is 3.96. The van der Waals surface area contributed by atoms with Crippen LogP contribution < -0.4 is 0 Å². The first-order valence-electron chi connectivity index (χ1n) is 7.53. The van der Waals surface area contributed by atoms with E-state index in [2.05, 4.69) is 38.3 Å². The highest BCUT2D eigenvalue weighted by Crippen LogP contribution is 2.16. The fourth-order valence-electron chi connectivity index (χ4n) is 2.58. The predicted molar refractivity (Wildman–Crippen MR) is 76.8 cm³/mol. The summed E-state index contributed by atoms with van der Waals surface area (Å²) in [4.78, 5) is 0. The largest absolute Gasteiger partial charge is 0.294 e. The Morgan fingerprint density at radius 1 is 0.882 bits per heavy atom. The highest BCUT2D eigenvalue weighted by Gasteiger charge is 2.21. The van der Waals surface area contributed by atoms with Gasteiger partial charge in [0.25, 0.3) is 0 Å². The molecule has 1 unspecified atom stereocenters. The molecule has 1 aliphatic heterocycles. The van der Waals surface area contributed by atoms with Crippen LogP contribution in [0.5, 0.6) is 0 Å². The Labute approximate surface area is 108 Å². The lowest BCUT2D eigenvalue weighted by Gasteiger charge is -2.34. The zero-order chi connectivity index (χ0) is 12.4. The molecule has 17 heavy (non-hydrogen) atoms. The van der Waals surface area contributed by atoms with Crippen LogP contribution in [0.3, 0.4) is 0 Å². The van der Waals surface area contributed by atoms with Crippen molar-refractivity contribution >= 4 is 0 Å². The maximum absolute atomic E-state index is 2.39. The van der Waals surface area contributed by atoms with Crippen LogP contribution in [0.1, 0.15) is 58.8 Å². The molecule has 0 aliphatic carbocycles. The fourth-order valence-corrected chi connectivity index (χ4v) is 2.58. The van der Waals surface area contributed by atoms with Crippen LogP contribution in [-0.2, 0) is 0 Å². The van der Waals surface area contributed by atoms with Crippen molar-refractivity contribution in [2.24, 2.45) is 0 Å². The lowest BCUT2D eigenvalue weighted by atomic mass is 10.1. The van der Waals surface area contributed by atoms with Gasteiger partial charge in [-0.3, -0.25) is 4.48 Å². The van der Waals surface area contributed by atoms with Gasteiger partial charge in [-0.2, -0.15) is 0 Å². The van der Waals surface area contributed by atoms with Crippen LogP contribution in [0.2, 0.25) is 0 Å². The molecular weight excluding hydrogens is 206 g/mol. The van der Waals surface area contributed by atoms with Gasteiger partial charge >= 0.3 is 0 Å². The van der Waals surface area contributed by atoms with Crippen molar-refractivity contribution in [3.05, 3.63) is 24.4 Å². The maximum Gasteiger partial charge on any atom is 0.102 e. The van der Waals surface area contributed by atoms with Crippen LogP contribution in [0, 0.1) is 0 Å². The minimum absolute atomic E-state index is 1.17. The van der Waals surface area contributed by atoms with Gasteiger partial charge in [-0.05, 0) is 31.9 Å².